The third-order valence-corrected chi connectivity index (χ3v) is 2.83. The highest BCUT2D eigenvalue weighted by molar-refractivity contribution is 6.12. The first-order chi connectivity index (χ1) is 7.02. The highest BCUT2D eigenvalue weighted by Crippen LogP contribution is 2.31. The summed E-state index contributed by atoms with van der Waals surface area (Å²) >= 11 is 0. The van der Waals surface area contributed by atoms with Gasteiger partial charge in [0.25, 0.3) is 5.79 Å². The molecule has 2 heterocycles. The van der Waals surface area contributed by atoms with Gasteiger partial charge in [0.2, 0.25) is 7.98 Å². The van der Waals surface area contributed by atoms with E-state index in [4.69, 9.17) is 9.47 Å². The minimum Gasteiger partial charge on any atom is -0.407 e. The number of hydrogen-bond donors (Lipinski definition) is 0. The third-order valence-electron chi connectivity index (χ3n) is 2.83. The zero-order valence-corrected chi connectivity index (χ0v) is 8.86. The quantitative estimate of drug-likeness (QED) is 0.510. The Morgan fingerprint density at radius 1 is 1.20 bits per heavy atom. The van der Waals surface area contributed by atoms with Crippen LogP contribution in [0.1, 0.15) is 12.8 Å². The molecule has 0 aromatic carbocycles. The van der Waals surface area contributed by atoms with Crippen LogP contribution in [0, 0.1) is 0 Å². The van der Waals surface area contributed by atoms with Crippen molar-refractivity contribution in [3.8, 4) is 0 Å². The predicted molar refractivity (Wildman–Crippen MR) is 52.8 cm³/mol. The molecule has 82 valence electrons. The molecule has 0 bridgehead atoms. The van der Waals surface area contributed by atoms with Crippen molar-refractivity contribution < 1.29 is 19.1 Å². The molecule has 0 aromatic heterocycles. The number of nitrogens with zero attached hydrogens (tertiary/aromatic N) is 2. The second-order valence-electron chi connectivity index (χ2n) is 3.99. The Balaban J connectivity index is 2.09. The summed E-state index contributed by atoms with van der Waals surface area (Å²) in [7, 11) is 3.32. The molecule has 15 heavy (non-hydrogen) atoms. The lowest BCUT2D eigenvalue weighted by atomic mass is 10.0. The van der Waals surface area contributed by atoms with Crippen LogP contribution in [0.25, 0.3) is 0 Å². The summed E-state index contributed by atoms with van der Waals surface area (Å²) in [4.78, 5) is 25.6. The highest BCUT2D eigenvalue weighted by atomic mass is 16.7. The first kappa shape index (κ1) is 10.1. The third kappa shape index (κ3) is 1.73. The molecular weight excluding hydrogens is 199 g/mol. The van der Waals surface area contributed by atoms with E-state index < -0.39 is 18.0 Å². The first-order valence-electron chi connectivity index (χ1n) is 4.91. The lowest BCUT2D eigenvalue weighted by molar-refractivity contribution is -0.208. The van der Waals surface area contributed by atoms with E-state index in [1.807, 2.05) is 0 Å². The number of amides is 2. The van der Waals surface area contributed by atoms with Crippen molar-refractivity contribution in [1.82, 2.24) is 9.71 Å². The molecule has 2 rings (SSSR count). The van der Waals surface area contributed by atoms with Crippen molar-refractivity contribution in [2.45, 2.75) is 18.6 Å². The molecule has 7 heteroatoms. The van der Waals surface area contributed by atoms with Crippen LogP contribution in [0.15, 0.2) is 0 Å². The molecule has 2 fully saturated rings. The maximum atomic E-state index is 11.4. The van der Waals surface area contributed by atoms with Gasteiger partial charge in [-0.2, -0.15) is 0 Å². The van der Waals surface area contributed by atoms with Gasteiger partial charge in [-0.05, 0) is 0 Å². The van der Waals surface area contributed by atoms with E-state index in [2.05, 4.69) is 0 Å². The molecule has 1 atom stereocenters. The van der Waals surface area contributed by atoms with Crippen LogP contribution in [0.4, 0.5) is 9.59 Å². The summed E-state index contributed by atoms with van der Waals surface area (Å²) in [6.07, 6.45) is 0.209. The van der Waals surface area contributed by atoms with E-state index in [-0.39, 0.29) is 0 Å². The zero-order valence-electron chi connectivity index (χ0n) is 8.86. The van der Waals surface area contributed by atoms with Gasteiger partial charge in [-0.1, -0.05) is 0 Å². The molecule has 6 nitrogen and oxygen atoms in total. The van der Waals surface area contributed by atoms with Crippen LogP contribution in [0.3, 0.4) is 0 Å². The summed E-state index contributed by atoms with van der Waals surface area (Å²) in [5.74, 6) is -1.02. The van der Waals surface area contributed by atoms with Crippen molar-refractivity contribution in [3.05, 3.63) is 0 Å². The van der Waals surface area contributed by atoms with E-state index in [0.717, 1.165) is 0 Å². The number of hydrogen-bond acceptors (Lipinski definition) is 4. The van der Waals surface area contributed by atoms with Crippen LogP contribution in [0.5, 0.6) is 0 Å². The molecule has 0 N–H and O–H groups in total. The Kier molecular flexibility index (Phi) is 2.24. The lowest BCUT2D eigenvalue weighted by Crippen LogP contribution is -2.56. The maximum Gasteiger partial charge on any atom is 0.412 e. The van der Waals surface area contributed by atoms with E-state index >= 15 is 0 Å². The minimum atomic E-state index is -1.02. The highest BCUT2D eigenvalue weighted by Gasteiger charge is 2.46. The van der Waals surface area contributed by atoms with E-state index in [9.17, 15) is 9.59 Å². The Hall–Kier alpha value is -1.40. The van der Waals surface area contributed by atoms with E-state index in [0.29, 0.717) is 25.9 Å². The molecule has 1 spiro atoms. The molecule has 2 aliphatic rings. The smallest absolute Gasteiger partial charge is 0.407 e. The Morgan fingerprint density at radius 2 is 1.80 bits per heavy atom. The van der Waals surface area contributed by atoms with E-state index in [1.54, 1.807) is 15.0 Å². The van der Waals surface area contributed by atoms with Gasteiger partial charge in [0, 0.05) is 33.0 Å². The first-order valence-corrected chi connectivity index (χ1v) is 4.91. The van der Waals surface area contributed by atoms with Gasteiger partial charge in [0.15, 0.2) is 0 Å². The van der Waals surface area contributed by atoms with Gasteiger partial charge in [-0.15, -0.1) is 0 Å². The number of carbonyl (C=O) groups excluding carboxylic acids is 2. The van der Waals surface area contributed by atoms with E-state index in [1.165, 1.54) is 9.71 Å². The monoisotopic (exact) mass is 212 g/mol. The number of carbonyl (C=O) groups is 2. The molecule has 1 unspecified atom stereocenters. The van der Waals surface area contributed by atoms with Crippen LogP contribution in [-0.2, 0) is 9.47 Å². The summed E-state index contributed by atoms with van der Waals surface area (Å²) < 4.78 is 10.3. The largest absolute Gasteiger partial charge is 0.412 e. The minimum absolute atomic E-state index is 0.432. The molecule has 0 aliphatic carbocycles. The average Bonchev–Trinajstić information content (AvgIpc) is 2.19. The fraction of sp³-hybridized carbons (Fsp3) is 0.750. The summed E-state index contributed by atoms with van der Waals surface area (Å²) in [5.41, 5.74) is 0. The Morgan fingerprint density at radius 3 is 2.40 bits per heavy atom. The maximum absolute atomic E-state index is 11.4. The molecule has 2 aliphatic heterocycles. The van der Waals surface area contributed by atoms with Gasteiger partial charge in [0.1, 0.15) is 0 Å². The van der Waals surface area contributed by atoms with Crippen molar-refractivity contribution in [2.24, 2.45) is 0 Å². The van der Waals surface area contributed by atoms with Gasteiger partial charge in [-0.25, -0.2) is 9.59 Å². The van der Waals surface area contributed by atoms with Crippen molar-refractivity contribution >= 4 is 20.2 Å². The summed E-state index contributed by atoms with van der Waals surface area (Å²) in [5, 5.41) is 0. The van der Waals surface area contributed by atoms with Crippen molar-refractivity contribution in [1.29, 1.82) is 0 Å². The van der Waals surface area contributed by atoms with Crippen LogP contribution >= 0.6 is 0 Å². The Labute approximate surface area is 88.5 Å². The van der Waals surface area contributed by atoms with Gasteiger partial charge in [0.05, 0.1) is 0 Å². The van der Waals surface area contributed by atoms with Crippen molar-refractivity contribution in [2.75, 3.05) is 20.1 Å². The summed E-state index contributed by atoms with van der Waals surface area (Å²) in [6.45, 7) is 1.10. The van der Waals surface area contributed by atoms with Crippen molar-refractivity contribution in [3.63, 3.8) is 0 Å². The number of ether oxygens (including phenoxy) is 2. The lowest BCUT2D eigenvalue weighted by Gasteiger charge is -2.43. The molecule has 2 amide bonds. The SMILES string of the molecule is BN1CCC2(CCN(C)C(=O)O2)OC1=O. The van der Waals surface area contributed by atoms with Crippen LogP contribution in [0.2, 0.25) is 0 Å². The van der Waals surface area contributed by atoms with Gasteiger partial charge in [-0.3, -0.25) is 0 Å². The topological polar surface area (TPSA) is 59.1 Å². The second kappa shape index (κ2) is 3.32. The van der Waals surface area contributed by atoms with Crippen LogP contribution in [-0.4, -0.2) is 55.8 Å². The normalized spacial score (nSPS) is 31.5. The fourth-order valence-electron chi connectivity index (χ4n) is 1.68. The summed E-state index contributed by atoms with van der Waals surface area (Å²) in [6, 6.07) is 0. The molecule has 0 aromatic rings. The number of rotatable bonds is 0. The van der Waals surface area contributed by atoms with Gasteiger partial charge >= 0.3 is 12.2 Å². The fourth-order valence-corrected chi connectivity index (χ4v) is 1.68. The Bertz CT molecular complexity index is 279. The predicted octanol–water partition coefficient (Wildman–Crippen LogP) is -0.455. The van der Waals surface area contributed by atoms with Gasteiger partial charge < -0.3 is 19.2 Å². The standard InChI is InChI=1S/C8H13BN2O4/c1-10-4-2-8(14-6(10)12)3-5-11(9)7(13)15-8/h2-5,9H2,1H3. The zero-order chi connectivity index (χ0) is 11.1. The van der Waals surface area contributed by atoms with Crippen LogP contribution < -0.4 is 0 Å². The molecule has 0 saturated carbocycles. The molecular formula is C8H13BN2O4. The molecule has 0 radical (unpaired) electrons. The average molecular weight is 212 g/mol. The molecule has 2 saturated heterocycles. The second-order valence-corrected chi connectivity index (χ2v) is 3.99.